The molecule has 9 heteroatoms. The second-order valence-corrected chi connectivity index (χ2v) is 6.70. The van der Waals surface area contributed by atoms with Crippen molar-refractivity contribution in [1.29, 1.82) is 0 Å². The normalized spacial score (nSPS) is 11.6. The van der Waals surface area contributed by atoms with Crippen LogP contribution in [0.25, 0.3) is 0 Å². The molecule has 1 aromatic heterocycles. The molecular weight excluding hydrogens is 266 g/mol. The first kappa shape index (κ1) is 14.0. The number of hydrogen-bond acceptors (Lipinski definition) is 6. The maximum absolute atomic E-state index is 11.1. The minimum atomic E-state index is -3.07. The molecule has 0 aliphatic rings. The molecule has 17 heavy (non-hydrogen) atoms. The summed E-state index contributed by atoms with van der Waals surface area (Å²) in [5, 5.41) is 16.6. The molecule has 0 unspecified atom stereocenters. The van der Waals surface area contributed by atoms with Gasteiger partial charge in [-0.25, -0.2) is 8.42 Å². The van der Waals surface area contributed by atoms with E-state index in [1.54, 1.807) is 11.5 Å². The summed E-state index contributed by atoms with van der Waals surface area (Å²) in [5.74, 6) is -0.532. The van der Waals surface area contributed by atoms with E-state index in [0.29, 0.717) is 11.0 Å². The van der Waals surface area contributed by atoms with Gasteiger partial charge >= 0.3 is 5.97 Å². The van der Waals surface area contributed by atoms with Gasteiger partial charge in [-0.15, -0.1) is 10.2 Å². The first-order valence-electron chi connectivity index (χ1n) is 4.71. The van der Waals surface area contributed by atoms with Crippen molar-refractivity contribution in [3.8, 4) is 0 Å². The lowest BCUT2D eigenvalue weighted by Crippen LogP contribution is -2.13. The van der Waals surface area contributed by atoms with Crippen LogP contribution in [0.15, 0.2) is 5.16 Å². The van der Waals surface area contributed by atoms with Crippen LogP contribution in [0.4, 0.5) is 0 Å². The third kappa shape index (κ3) is 4.73. The van der Waals surface area contributed by atoms with Gasteiger partial charge in [-0.1, -0.05) is 11.8 Å². The third-order valence-corrected chi connectivity index (χ3v) is 3.79. The van der Waals surface area contributed by atoms with Gasteiger partial charge in [-0.05, 0) is 6.92 Å². The van der Waals surface area contributed by atoms with Crippen molar-refractivity contribution in [1.82, 2.24) is 14.8 Å². The fraction of sp³-hybridized carbons (Fsp3) is 0.625. The zero-order valence-corrected chi connectivity index (χ0v) is 11.1. The molecule has 0 aliphatic carbocycles. The van der Waals surface area contributed by atoms with Crippen LogP contribution >= 0.6 is 11.8 Å². The summed E-state index contributed by atoms with van der Waals surface area (Å²) in [4.78, 5) is 10.4. The van der Waals surface area contributed by atoms with E-state index in [1.165, 1.54) is 0 Å². The smallest absolute Gasteiger partial charge is 0.313 e. The Morgan fingerprint density at radius 3 is 2.65 bits per heavy atom. The van der Waals surface area contributed by atoms with Gasteiger partial charge in [-0.3, -0.25) is 4.79 Å². The van der Waals surface area contributed by atoms with Gasteiger partial charge in [-0.2, -0.15) is 0 Å². The highest BCUT2D eigenvalue weighted by Gasteiger charge is 2.12. The first-order valence-corrected chi connectivity index (χ1v) is 7.76. The fourth-order valence-corrected chi connectivity index (χ4v) is 2.35. The number of carboxylic acids is 1. The molecule has 1 rings (SSSR count). The molecule has 1 aromatic rings. The lowest BCUT2D eigenvalue weighted by Gasteiger charge is -2.06. The summed E-state index contributed by atoms with van der Waals surface area (Å²) >= 11 is 1.02. The predicted molar refractivity (Wildman–Crippen MR) is 62.8 cm³/mol. The first-order chi connectivity index (χ1) is 7.79. The van der Waals surface area contributed by atoms with E-state index < -0.39 is 15.8 Å². The summed E-state index contributed by atoms with van der Waals surface area (Å²) in [6.07, 6.45) is 1.15. The number of aromatic nitrogens is 3. The van der Waals surface area contributed by atoms with E-state index in [4.69, 9.17) is 5.11 Å². The lowest BCUT2D eigenvalue weighted by atomic mass is 10.6. The molecule has 0 saturated carbocycles. The number of hydrogen-bond donors (Lipinski definition) is 1. The van der Waals surface area contributed by atoms with E-state index in [1.807, 2.05) is 0 Å². The Kier molecular flexibility index (Phi) is 4.52. The molecule has 0 amide bonds. The zero-order valence-electron chi connectivity index (χ0n) is 9.45. The topological polar surface area (TPSA) is 102 Å². The van der Waals surface area contributed by atoms with Crippen LogP contribution in [0.3, 0.4) is 0 Å². The highest BCUT2D eigenvalue weighted by Crippen LogP contribution is 2.16. The van der Waals surface area contributed by atoms with Gasteiger partial charge < -0.3 is 9.67 Å². The molecule has 0 fully saturated rings. The zero-order chi connectivity index (χ0) is 13.1. The number of aliphatic carboxylic acids is 1. The lowest BCUT2D eigenvalue weighted by molar-refractivity contribution is -0.133. The summed E-state index contributed by atoms with van der Waals surface area (Å²) in [5.41, 5.74) is 0. The molecule has 0 radical (unpaired) electrons. The Balaban J connectivity index is 2.76. The van der Waals surface area contributed by atoms with Crippen LogP contribution in [0.2, 0.25) is 0 Å². The van der Waals surface area contributed by atoms with Crippen molar-refractivity contribution in [2.45, 2.75) is 18.6 Å². The van der Waals surface area contributed by atoms with E-state index in [0.717, 1.165) is 18.0 Å². The van der Waals surface area contributed by atoms with Gasteiger partial charge in [0.25, 0.3) is 0 Å². The van der Waals surface area contributed by atoms with Crippen LogP contribution in [-0.2, 0) is 21.2 Å². The Morgan fingerprint density at radius 2 is 2.12 bits per heavy atom. The van der Waals surface area contributed by atoms with Crippen LogP contribution in [0, 0.1) is 6.92 Å². The standard InChI is InChI=1S/C8H13N3O4S2/c1-6-9-10-8(16-5-7(12)13)11(6)3-4-17(2,14)15/h3-5H2,1-2H3,(H,12,13). The number of rotatable bonds is 6. The van der Waals surface area contributed by atoms with Crippen LogP contribution in [0.5, 0.6) is 0 Å². The summed E-state index contributed by atoms with van der Waals surface area (Å²) in [6, 6.07) is 0. The maximum atomic E-state index is 11.1. The van der Waals surface area contributed by atoms with Crippen molar-refractivity contribution in [3.63, 3.8) is 0 Å². The van der Waals surface area contributed by atoms with Crippen LogP contribution in [-0.4, -0.2) is 52.0 Å². The molecule has 96 valence electrons. The molecule has 0 saturated heterocycles. The minimum Gasteiger partial charge on any atom is -0.481 e. The van der Waals surface area contributed by atoms with Gasteiger partial charge in [0.05, 0.1) is 11.5 Å². The highest BCUT2D eigenvalue weighted by molar-refractivity contribution is 7.99. The molecule has 0 spiro atoms. The number of thioether (sulfide) groups is 1. The number of carbonyl (C=O) groups is 1. The average molecular weight is 279 g/mol. The number of carboxylic acid groups (broad SMARTS) is 1. The second-order valence-electron chi connectivity index (χ2n) is 3.49. The fourth-order valence-electron chi connectivity index (χ4n) is 1.11. The number of aryl methyl sites for hydroxylation is 1. The third-order valence-electron chi connectivity index (χ3n) is 1.91. The van der Waals surface area contributed by atoms with E-state index in [-0.39, 0.29) is 18.1 Å². The molecule has 1 heterocycles. The SMILES string of the molecule is Cc1nnc(SCC(=O)O)n1CCS(C)(=O)=O. The van der Waals surface area contributed by atoms with Crippen molar-refractivity contribution >= 4 is 27.6 Å². The highest BCUT2D eigenvalue weighted by atomic mass is 32.2. The molecule has 0 aromatic carbocycles. The average Bonchev–Trinajstić information content (AvgIpc) is 2.52. The predicted octanol–water partition coefficient (Wildman–Crippen LogP) is -0.192. The Bertz CT molecular complexity index is 509. The summed E-state index contributed by atoms with van der Waals surface area (Å²) in [7, 11) is -3.07. The Morgan fingerprint density at radius 1 is 1.47 bits per heavy atom. The van der Waals surface area contributed by atoms with E-state index >= 15 is 0 Å². The Hall–Kier alpha value is -1.09. The van der Waals surface area contributed by atoms with Crippen molar-refractivity contribution in [2.24, 2.45) is 0 Å². The van der Waals surface area contributed by atoms with Crippen LogP contribution < -0.4 is 0 Å². The van der Waals surface area contributed by atoms with E-state index in [2.05, 4.69) is 10.2 Å². The summed E-state index contributed by atoms with van der Waals surface area (Å²) in [6.45, 7) is 1.93. The monoisotopic (exact) mass is 279 g/mol. The van der Waals surface area contributed by atoms with Crippen molar-refractivity contribution < 1.29 is 18.3 Å². The molecule has 7 nitrogen and oxygen atoms in total. The number of sulfone groups is 1. The van der Waals surface area contributed by atoms with E-state index in [9.17, 15) is 13.2 Å². The van der Waals surface area contributed by atoms with Gasteiger partial charge in [0.1, 0.15) is 15.7 Å². The van der Waals surface area contributed by atoms with Gasteiger partial charge in [0, 0.05) is 12.8 Å². The quantitative estimate of drug-likeness (QED) is 0.720. The molecular formula is C8H13N3O4S2. The molecule has 0 bridgehead atoms. The minimum absolute atomic E-state index is 0.0213. The Labute approximate surface area is 103 Å². The largest absolute Gasteiger partial charge is 0.481 e. The number of nitrogens with zero attached hydrogens (tertiary/aromatic N) is 3. The molecule has 1 N–H and O–H groups in total. The second kappa shape index (κ2) is 5.50. The van der Waals surface area contributed by atoms with Gasteiger partial charge in [0.2, 0.25) is 0 Å². The van der Waals surface area contributed by atoms with Crippen molar-refractivity contribution in [3.05, 3.63) is 5.82 Å². The van der Waals surface area contributed by atoms with Crippen molar-refractivity contribution in [2.75, 3.05) is 17.8 Å². The summed E-state index contributed by atoms with van der Waals surface area (Å²) < 4.78 is 23.7. The molecule has 0 atom stereocenters. The van der Waals surface area contributed by atoms with Gasteiger partial charge in [0.15, 0.2) is 5.16 Å². The molecule has 0 aliphatic heterocycles. The maximum Gasteiger partial charge on any atom is 0.313 e. The van der Waals surface area contributed by atoms with Crippen LogP contribution in [0.1, 0.15) is 5.82 Å².